The van der Waals surface area contributed by atoms with Crippen LogP contribution in [0.3, 0.4) is 0 Å². The molecule has 0 aromatic carbocycles. The molecule has 6 nitrogen and oxygen atoms in total. The van der Waals surface area contributed by atoms with E-state index in [-0.39, 0.29) is 5.82 Å². The lowest BCUT2D eigenvalue weighted by Gasteiger charge is -2.34. The maximum Gasteiger partial charge on any atom is 0.171 e. The van der Waals surface area contributed by atoms with Gasteiger partial charge in [0.05, 0.1) is 0 Å². The Morgan fingerprint density at radius 3 is 2.47 bits per heavy atom. The smallest absolute Gasteiger partial charge is 0.171 e. The third-order valence-corrected chi connectivity index (χ3v) is 3.52. The minimum atomic E-state index is 0.287. The van der Waals surface area contributed by atoms with E-state index in [9.17, 15) is 0 Å². The molecule has 2 rings (SSSR count). The summed E-state index contributed by atoms with van der Waals surface area (Å²) in [6.45, 7) is 2.27. The number of hydrogen-bond acceptors (Lipinski definition) is 6. The summed E-state index contributed by atoms with van der Waals surface area (Å²) in [4.78, 5) is 7.96. The van der Waals surface area contributed by atoms with Crippen LogP contribution in [0.15, 0.2) is 6.33 Å². The van der Waals surface area contributed by atoms with Crippen molar-refractivity contribution in [2.24, 2.45) is 11.8 Å². The molecular formula is C11H20N6. The van der Waals surface area contributed by atoms with E-state index in [1.54, 1.807) is 5.01 Å². The van der Waals surface area contributed by atoms with Gasteiger partial charge in [-0.3, -0.25) is 5.01 Å². The van der Waals surface area contributed by atoms with Crippen LogP contribution in [0.2, 0.25) is 0 Å². The van der Waals surface area contributed by atoms with Gasteiger partial charge in [-0.2, -0.15) is 0 Å². The van der Waals surface area contributed by atoms with Crippen LogP contribution >= 0.6 is 0 Å². The molecule has 1 heterocycles. The largest absolute Gasteiger partial charge is 0.393 e. The molecule has 0 aliphatic heterocycles. The summed E-state index contributed by atoms with van der Waals surface area (Å²) in [7, 11) is 0. The number of anilines is 3. The van der Waals surface area contributed by atoms with Crippen molar-refractivity contribution in [3.63, 3.8) is 0 Å². The van der Waals surface area contributed by atoms with E-state index in [4.69, 9.17) is 17.3 Å². The Balaban J connectivity index is 2.14. The van der Waals surface area contributed by atoms with Crippen LogP contribution in [-0.2, 0) is 0 Å². The van der Waals surface area contributed by atoms with Crippen LogP contribution in [-0.4, -0.2) is 16.0 Å². The lowest BCUT2D eigenvalue weighted by atomic mass is 9.87. The van der Waals surface area contributed by atoms with Gasteiger partial charge in [0.25, 0.3) is 0 Å². The zero-order valence-corrected chi connectivity index (χ0v) is 10.1. The van der Waals surface area contributed by atoms with Crippen LogP contribution in [0.1, 0.15) is 32.6 Å². The monoisotopic (exact) mass is 236 g/mol. The highest BCUT2D eigenvalue weighted by Gasteiger charge is 2.24. The lowest BCUT2D eigenvalue weighted by Crippen LogP contribution is -2.44. The molecule has 17 heavy (non-hydrogen) atoms. The number of nitrogens with two attached hydrogens (primary N) is 3. The van der Waals surface area contributed by atoms with Gasteiger partial charge in [-0.15, -0.1) is 0 Å². The molecule has 1 saturated carbocycles. The molecule has 1 aliphatic rings. The molecule has 94 valence electrons. The molecule has 6 N–H and O–H groups in total. The highest BCUT2D eigenvalue weighted by molar-refractivity contribution is 5.72. The zero-order chi connectivity index (χ0) is 12.4. The predicted octanol–water partition coefficient (Wildman–Crippen LogP) is 0.900. The van der Waals surface area contributed by atoms with E-state index < -0.39 is 0 Å². The molecule has 0 amide bonds. The predicted molar refractivity (Wildman–Crippen MR) is 68.9 cm³/mol. The second kappa shape index (κ2) is 4.75. The number of hydrazine groups is 1. The Morgan fingerprint density at radius 1 is 1.18 bits per heavy atom. The Labute approximate surface area is 101 Å². The quantitative estimate of drug-likeness (QED) is 0.520. The Bertz CT molecular complexity index is 386. The van der Waals surface area contributed by atoms with E-state index in [1.165, 1.54) is 19.2 Å². The summed E-state index contributed by atoms with van der Waals surface area (Å²) in [5.74, 6) is 7.70. The molecule has 1 fully saturated rings. The molecule has 1 aromatic rings. The van der Waals surface area contributed by atoms with Gasteiger partial charge in [-0.1, -0.05) is 6.92 Å². The Morgan fingerprint density at radius 2 is 1.82 bits per heavy atom. The third kappa shape index (κ3) is 2.41. The zero-order valence-electron chi connectivity index (χ0n) is 10.1. The first-order chi connectivity index (χ1) is 8.09. The summed E-state index contributed by atoms with van der Waals surface area (Å²) in [6.07, 6.45) is 5.92. The van der Waals surface area contributed by atoms with Gasteiger partial charge in [0.15, 0.2) is 11.6 Å². The van der Waals surface area contributed by atoms with E-state index >= 15 is 0 Å². The van der Waals surface area contributed by atoms with E-state index in [2.05, 4.69) is 16.9 Å². The van der Waals surface area contributed by atoms with Crippen molar-refractivity contribution in [2.75, 3.05) is 16.5 Å². The molecule has 0 saturated heterocycles. The lowest BCUT2D eigenvalue weighted by molar-refractivity contribution is 0.334. The highest BCUT2D eigenvalue weighted by atomic mass is 15.5. The van der Waals surface area contributed by atoms with Gasteiger partial charge in [0.1, 0.15) is 12.0 Å². The summed E-state index contributed by atoms with van der Waals surface area (Å²) in [6, 6.07) is 0.294. The molecule has 1 aliphatic carbocycles. The van der Waals surface area contributed by atoms with Crippen molar-refractivity contribution in [2.45, 2.75) is 38.6 Å². The van der Waals surface area contributed by atoms with Gasteiger partial charge in [-0.05, 0) is 31.6 Å². The van der Waals surface area contributed by atoms with Crippen LogP contribution < -0.4 is 22.3 Å². The number of nitrogen functional groups attached to an aromatic ring is 2. The van der Waals surface area contributed by atoms with Gasteiger partial charge in [-0.25, -0.2) is 15.8 Å². The second-order valence-corrected chi connectivity index (χ2v) is 4.82. The standard InChI is InChI=1S/C11H20N6/c1-7-2-4-8(5-3-7)17(14)11-9(12)10(13)15-6-16-11/h6-8H,2-5,12,14H2,1H3,(H2,13,15,16). The first kappa shape index (κ1) is 11.9. The fourth-order valence-electron chi connectivity index (χ4n) is 2.30. The summed E-state index contributed by atoms with van der Waals surface area (Å²) >= 11 is 0. The van der Waals surface area contributed by atoms with Crippen molar-refractivity contribution in [3.05, 3.63) is 6.33 Å². The van der Waals surface area contributed by atoms with Crippen molar-refractivity contribution < 1.29 is 0 Å². The Hall–Kier alpha value is -1.56. The van der Waals surface area contributed by atoms with Gasteiger partial charge >= 0.3 is 0 Å². The van der Waals surface area contributed by atoms with Crippen LogP contribution in [0.25, 0.3) is 0 Å². The molecular weight excluding hydrogens is 216 g/mol. The van der Waals surface area contributed by atoms with Gasteiger partial charge in [0.2, 0.25) is 0 Å². The summed E-state index contributed by atoms with van der Waals surface area (Å²) in [5.41, 5.74) is 11.9. The van der Waals surface area contributed by atoms with Crippen molar-refractivity contribution in [1.29, 1.82) is 0 Å². The first-order valence-electron chi connectivity index (χ1n) is 5.99. The molecule has 0 atom stereocenters. The molecule has 1 aromatic heterocycles. The van der Waals surface area contributed by atoms with Crippen LogP contribution in [0.5, 0.6) is 0 Å². The Kier molecular flexibility index (Phi) is 3.33. The van der Waals surface area contributed by atoms with Crippen molar-refractivity contribution in [3.8, 4) is 0 Å². The first-order valence-corrected chi connectivity index (χ1v) is 5.99. The number of aromatic nitrogens is 2. The number of nitrogens with zero attached hydrogens (tertiary/aromatic N) is 3. The van der Waals surface area contributed by atoms with E-state index in [0.717, 1.165) is 18.8 Å². The summed E-state index contributed by atoms with van der Waals surface area (Å²) in [5, 5.41) is 1.65. The fraction of sp³-hybridized carbons (Fsp3) is 0.636. The summed E-state index contributed by atoms with van der Waals surface area (Å²) < 4.78 is 0. The molecule has 0 radical (unpaired) electrons. The maximum atomic E-state index is 6.09. The molecule has 0 spiro atoms. The average Bonchev–Trinajstić information content (AvgIpc) is 2.33. The molecule has 0 unspecified atom stereocenters. The second-order valence-electron chi connectivity index (χ2n) is 4.82. The SMILES string of the molecule is CC1CCC(N(N)c2ncnc(N)c2N)CC1. The average molecular weight is 236 g/mol. The van der Waals surface area contributed by atoms with E-state index in [1.807, 2.05) is 0 Å². The minimum Gasteiger partial charge on any atom is -0.393 e. The van der Waals surface area contributed by atoms with Crippen molar-refractivity contribution in [1.82, 2.24) is 9.97 Å². The van der Waals surface area contributed by atoms with Crippen LogP contribution in [0, 0.1) is 5.92 Å². The normalized spacial score (nSPS) is 24.6. The van der Waals surface area contributed by atoms with Gasteiger partial charge < -0.3 is 11.5 Å². The number of rotatable bonds is 2. The molecule has 0 bridgehead atoms. The van der Waals surface area contributed by atoms with Crippen LogP contribution in [0.4, 0.5) is 17.3 Å². The minimum absolute atomic E-state index is 0.287. The highest BCUT2D eigenvalue weighted by Crippen LogP contribution is 2.30. The van der Waals surface area contributed by atoms with E-state index in [0.29, 0.717) is 17.5 Å². The topological polar surface area (TPSA) is 107 Å². The van der Waals surface area contributed by atoms with Crippen molar-refractivity contribution >= 4 is 17.3 Å². The number of hydrogen-bond donors (Lipinski definition) is 3. The fourth-order valence-corrected chi connectivity index (χ4v) is 2.30. The third-order valence-electron chi connectivity index (χ3n) is 3.52. The maximum absolute atomic E-state index is 6.09. The molecule has 6 heteroatoms. The van der Waals surface area contributed by atoms with Gasteiger partial charge in [0, 0.05) is 6.04 Å².